The van der Waals surface area contributed by atoms with E-state index in [2.05, 4.69) is 19.9 Å². The van der Waals surface area contributed by atoms with Crippen molar-refractivity contribution in [3.05, 3.63) is 65.2 Å². The molecule has 0 saturated heterocycles. The van der Waals surface area contributed by atoms with Crippen LogP contribution in [0.5, 0.6) is 5.75 Å². The second-order valence-electron chi connectivity index (χ2n) is 9.68. The summed E-state index contributed by atoms with van der Waals surface area (Å²) >= 11 is 6.29. The van der Waals surface area contributed by atoms with Crippen LogP contribution in [0.4, 0.5) is 5.69 Å². The van der Waals surface area contributed by atoms with Crippen molar-refractivity contribution in [1.29, 1.82) is 0 Å². The number of aromatic nitrogens is 5. The summed E-state index contributed by atoms with van der Waals surface area (Å²) in [6.07, 6.45) is 7.08. The molecule has 1 aliphatic carbocycles. The zero-order valence-electron chi connectivity index (χ0n) is 19.6. The molecule has 184 valence electrons. The van der Waals surface area contributed by atoms with E-state index in [0.29, 0.717) is 33.4 Å². The van der Waals surface area contributed by atoms with Crippen LogP contribution in [0.1, 0.15) is 37.0 Å². The van der Waals surface area contributed by atoms with Gasteiger partial charge in [0.15, 0.2) is 23.8 Å². The van der Waals surface area contributed by atoms with Crippen molar-refractivity contribution in [2.45, 2.75) is 44.4 Å². The number of carbonyl (C=O) groups is 1. The number of anilines is 1. The van der Waals surface area contributed by atoms with Crippen molar-refractivity contribution in [1.82, 2.24) is 24.3 Å². The van der Waals surface area contributed by atoms with Gasteiger partial charge in [0.25, 0.3) is 5.91 Å². The zero-order chi connectivity index (χ0) is 25.2. The number of fused-ring (bicyclic) bond motifs is 2. The molecule has 2 aliphatic rings. The smallest absolute Gasteiger partial charge is 0.265 e. The number of halogens is 1. The van der Waals surface area contributed by atoms with Gasteiger partial charge in [0.1, 0.15) is 5.60 Å². The van der Waals surface area contributed by atoms with Gasteiger partial charge in [-0.2, -0.15) is 0 Å². The molecule has 36 heavy (non-hydrogen) atoms. The van der Waals surface area contributed by atoms with E-state index in [1.807, 2.05) is 17.5 Å². The molecule has 1 aliphatic heterocycles. The summed E-state index contributed by atoms with van der Waals surface area (Å²) < 4.78 is 7.46. The van der Waals surface area contributed by atoms with Crippen molar-refractivity contribution >= 4 is 28.8 Å². The number of benzene rings is 1. The Hall–Kier alpha value is -3.60. The maximum atomic E-state index is 12.8. The summed E-state index contributed by atoms with van der Waals surface area (Å²) in [7, 11) is 0. The molecule has 10 nitrogen and oxygen atoms in total. The van der Waals surface area contributed by atoms with E-state index in [1.165, 1.54) is 0 Å². The summed E-state index contributed by atoms with van der Waals surface area (Å²) in [5.74, 6) is 0.589. The summed E-state index contributed by atoms with van der Waals surface area (Å²) in [5.41, 5.74) is 1.97. The van der Waals surface area contributed by atoms with Crippen molar-refractivity contribution in [2.24, 2.45) is 0 Å². The first-order chi connectivity index (χ1) is 17.1. The standard InChI is InChI=1S/C25H23ClN6O4/c1-14-19(10-32-18-5-3-4-16(26)22(18)36-11-21(32)33)31-9-17(27-8-20(31)30-14)15-6-28-23(29-7-15)25(35)12-24(2,34)13-25/h3-9,34-35H,10-13H2,1-2H3/t24-,25+. The molecule has 1 aromatic carbocycles. The van der Waals surface area contributed by atoms with Crippen LogP contribution in [0.25, 0.3) is 16.9 Å². The molecule has 4 heterocycles. The van der Waals surface area contributed by atoms with Crippen LogP contribution in [0, 0.1) is 6.92 Å². The highest BCUT2D eigenvalue weighted by molar-refractivity contribution is 6.32. The highest BCUT2D eigenvalue weighted by atomic mass is 35.5. The topological polar surface area (TPSA) is 126 Å². The number of hydrogen-bond donors (Lipinski definition) is 2. The summed E-state index contributed by atoms with van der Waals surface area (Å²) in [6, 6.07) is 5.31. The Bertz CT molecular complexity index is 1510. The highest BCUT2D eigenvalue weighted by Crippen LogP contribution is 2.46. The van der Waals surface area contributed by atoms with Crippen molar-refractivity contribution in [2.75, 3.05) is 11.5 Å². The molecule has 0 unspecified atom stereocenters. The lowest BCUT2D eigenvalue weighted by Crippen LogP contribution is -2.53. The average Bonchev–Trinajstić information content (AvgIpc) is 3.14. The van der Waals surface area contributed by atoms with Gasteiger partial charge in [-0.3, -0.25) is 19.1 Å². The van der Waals surface area contributed by atoms with Gasteiger partial charge in [0.2, 0.25) is 0 Å². The Morgan fingerprint density at radius 3 is 2.61 bits per heavy atom. The number of rotatable bonds is 4. The number of carbonyl (C=O) groups excluding carboxylic acids is 1. The van der Waals surface area contributed by atoms with E-state index >= 15 is 0 Å². The van der Waals surface area contributed by atoms with Crippen LogP contribution >= 0.6 is 11.6 Å². The first-order valence-electron chi connectivity index (χ1n) is 11.5. The van der Waals surface area contributed by atoms with Gasteiger partial charge >= 0.3 is 0 Å². The number of hydrogen-bond acceptors (Lipinski definition) is 8. The first kappa shape index (κ1) is 22.8. The van der Waals surface area contributed by atoms with E-state index in [0.717, 1.165) is 11.4 Å². The van der Waals surface area contributed by atoms with Crippen LogP contribution in [-0.2, 0) is 16.9 Å². The molecule has 2 N–H and O–H groups in total. The first-order valence-corrected chi connectivity index (χ1v) is 11.8. The van der Waals surface area contributed by atoms with E-state index in [9.17, 15) is 15.0 Å². The Morgan fingerprint density at radius 1 is 1.14 bits per heavy atom. The minimum atomic E-state index is -1.22. The van der Waals surface area contributed by atoms with Crippen LogP contribution in [0.2, 0.25) is 5.02 Å². The van der Waals surface area contributed by atoms with Crippen LogP contribution in [-0.4, -0.2) is 52.7 Å². The Kier molecular flexibility index (Phi) is 5.05. The number of para-hydroxylation sites is 1. The number of amides is 1. The lowest BCUT2D eigenvalue weighted by Gasteiger charge is -2.46. The molecule has 3 aromatic heterocycles. The highest BCUT2D eigenvalue weighted by Gasteiger charge is 2.53. The van der Waals surface area contributed by atoms with Gasteiger partial charge in [-0.1, -0.05) is 17.7 Å². The second-order valence-corrected chi connectivity index (χ2v) is 10.1. The number of aliphatic hydroxyl groups is 2. The lowest BCUT2D eigenvalue weighted by molar-refractivity contribution is -0.180. The Morgan fingerprint density at radius 2 is 1.89 bits per heavy atom. The number of imidazole rings is 1. The van der Waals surface area contributed by atoms with Gasteiger partial charge in [-0.25, -0.2) is 15.0 Å². The molecule has 4 aromatic rings. The summed E-state index contributed by atoms with van der Waals surface area (Å²) in [5, 5.41) is 21.1. The van der Waals surface area contributed by atoms with E-state index < -0.39 is 11.2 Å². The molecule has 1 amide bonds. The fraction of sp³-hybridized carbons (Fsp3) is 0.320. The van der Waals surface area contributed by atoms with Crippen molar-refractivity contribution in [3.63, 3.8) is 0 Å². The number of ether oxygens (including phenoxy) is 1. The largest absolute Gasteiger partial charge is 0.480 e. The molecular formula is C25H23ClN6O4. The molecule has 0 spiro atoms. The third-order valence-electron chi connectivity index (χ3n) is 6.70. The van der Waals surface area contributed by atoms with Crippen molar-refractivity contribution in [3.8, 4) is 17.0 Å². The predicted octanol–water partition coefficient (Wildman–Crippen LogP) is 2.81. The van der Waals surface area contributed by atoms with Crippen molar-refractivity contribution < 1.29 is 19.7 Å². The van der Waals surface area contributed by atoms with Gasteiger partial charge in [0, 0.05) is 37.0 Å². The Balaban J connectivity index is 1.34. The average molecular weight is 507 g/mol. The quantitative estimate of drug-likeness (QED) is 0.432. The molecular weight excluding hydrogens is 484 g/mol. The molecule has 0 bridgehead atoms. The molecule has 1 saturated carbocycles. The molecule has 1 fully saturated rings. The van der Waals surface area contributed by atoms with E-state index in [-0.39, 0.29) is 37.7 Å². The number of aryl methyl sites for hydroxylation is 1. The van der Waals surface area contributed by atoms with Crippen LogP contribution < -0.4 is 9.64 Å². The SMILES string of the molecule is Cc1nc2cnc(-c3cnc([C@]4(O)C[C@@](C)(O)C4)nc3)cn2c1CN1C(=O)COc2c(Cl)cccc21. The maximum Gasteiger partial charge on any atom is 0.265 e. The zero-order valence-corrected chi connectivity index (χ0v) is 20.4. The summed E-state index contributed by atoms with van der Waals surface area (Å²) in [6.45, 7) is 3.74. The van der Waals surface area contributed by atoms with Crippen LogP contribution in [0.3, 0.4) is 0 Å². The van der Waals surface area contributed by atoms with Gasteiger partial charge in [-0.05, 0) is 26.0 Å². The van der Waals surface area contributed by atoms with Crippen LogP contribution in [0.15, 0.2) is 43.0 Å². The minimum absolute atomic E-state index is 0.0925. The lowest BCUT2D eigenvalue weighted by atomic mass is 9.68. The molecule has 6 rings (SSSR count). The molecule has 11 heteroatoms. The van der Waals surface area contributed by atoms with Gasteiger partial charge in [0.05, 0.1) is 46.1 Å². The minimum Gasteiger partial charge on any atom is -0.480 e. The normalized spacial score (nSPS) is 23.4. The fourth-order valence-corrected chi connectivity index (χ4v) is 5.27. The number of nitrogens with zero attached hydrogens (tertiary/aromatic N) is 6. The maximum absolute atomic E-state index is 12.8. The Labute approximate surface area is 211 Å². The van der Waals surface area contributed by atoms with E-state index in [4.69, 9.17) is 16.3 Å². The summed E-state index contributed by atoms with van der Waals surface area (Å²) in [4.78, 5) is 32.2. The predicted molar refractivity (Wildman–Crippen MR) is 131 cm³/mol. The van der Waals surface area contributed by atoms with E-state index in [1.54, 1.807) is 48.6 Å². The molecule has 0 radical (unpaired) electrons. The third-order valence-corrected chi connectivity index (χ3v) is 7.00. The van der Waals surface area contributed by atoms with Gasteiger partial charge in [-0.15, -0.1) is 0 Å². The molecule has 0 atom stereocenters. The second kappa shape index (κ2) is 7.95. The van der Waals surface area contributed by atoms with Gasteiger partial charge < -0.3 is 14.9 Å². The third kappa shape index (κ3) is 3.69. The monoisotopic (exact) mass is 506 g/mol. The fourth-order valence-electron chi connectivity index (χ4n) is 5.05.